The van der Waals surface area contributed by atoms with Crippen LogP contribution in [0.15, 0.2) is 40.9 Å². The van der Waals surface area contributed by atoms with Gasteiger partial charge in [-0.25, -0.2) is 0 Å². The normalized spacial score (nSPS) is 19.2. The SMILES string of the molecule is CC1(C)CC(=O)C(c2ccc(Br)c3ccccc23)C(=O)C1. The summed E-state index contributed by atoms with van der Waals surface area (Å²) in [5.41, 5.74) is 0.634. The topological polar surface area (TPSA) is 34.1 Å². The van der Waals surface area contributed by atoms with Gasteiger partial charge < -0.3 is 0 Å². The van der Waals surface area contributed by atoms with Crippen LogP contribution in [-0.2, 0) is 9.59 Å². The van der Waals surface area contributed by atoms with Gasteiger partial charge in [0.05, 0.1) is 0 Å². The van der Waals surface area contributed by atoms with Gasteiger partial charge in [-0.15, -0.1) is 0 Å². The van der Waals surface area contributed by atoms with Gasteiger partial charge in [0.1, 0.15) is 17.5 Å². The minimum Gasteiger partial charge on any atom is -0.299 e. The first-order valence-corrected chi connectivity index (χ1v) is 7.91. The minimum atomic E-state index is -0.601. The molecule has 0 aliphatic heterocycles. The fraction of sp³-hybridized carbons (Fsp3) is 0.333. The number of hydrogen-bond acceptors (Lipinski definition) is 2. The Morgan fingerprint density at radius 3 is 2.14 bits per heavy atom. The molecular weight excluding hydrogens is 328 g/mol. The molecule has 2 aromatic rings. The molecule has 1 aliphatic rings. The van der Waals surface area contributed by atoms with Crippen molar-refractivity contribution in [1.82, 2.24) is 0 Å². The zero-order valence-electron chi connectivity index (χ0n) is 12.2. The van der Waals surface area contributed by atoms with Crippen LogP contribution in [0.2, 0.25) is 0 Å². The largest absolute Gasteiger partial charge is 0.299 e. The lowest BCUT2D eigenvalue weighted by Gasteiger charge is -2.32. The predicted octanol–water partition coefficient (Wildman–Crippen LogP) is 4.64. The first kappa shape index (κ1) is 14.5. The molecular formula is C18H17BrO2. The second-order valence-corrected chi connectivity index (χ2v) is 7.42. The molecule has 0 aromatic heterocycles. The Hall–Kier alpha value is -1.48. The molecule has 0 saturated heterocycles. The molecule has 0 unspecified atom stereocenters. The summed E-state index contributed by atoms with van der Waals surface area (Å²) in [7, 11) is 0. The van der Waals surface area contributed by atoms with E-state index >= 15 is 0 Å². The first-order valence-electron chi connectivity index (χ1n) is 7.12. The third-order valence-corrected chi connectivity index (χ3v) is 4.86. The van der Waals surface area contributed by atoms with Crippen LogP contribution >= 0.6 is 15.9 Å². The Bertz CT molecular complexity index is 726. The van der Waals surface area contributed by atoms with Crippen molar-refractivity contribution in [2.45, 2.75) is 32.6 Å². The maximum Gasteiger partial charge on any atom is 0.148 e. The van der Waals surface area contributed by atoms with Gasteiger partial charge in [-0.05, 0) is 27.8 Å². The van der Waals surface area contributed by atoms with Crippen molar-refractivity contribution in [3.63, 3.8) is 0 Å². The van der Waals surface area contributed by atoms with Gasteiger partial charge in [0.2, 0.25) is 0 Å². The summed E-state index contributed by atoms with van der Waals surface area (Å²) in [6.45, 7) is 3.97. The van der Waals surface area contributed by atoms with E-state index in [9.17, 15) is 9.59 Å². The molecule has 0 amide bonds. The monoisotopic (exact) mass is 344 g/mol. The summed E-state index contributed by atoms with van der Waals surface area (Å²) in [6, 6.07) is 11.7. The number of fused-ring (bicyclic) bond motifs is 1. The number of ketones is 2. The van der Waals surface area contributed by atoms with E-state index in [1.54, 1.807) is 0 Å². The van der Waals surface area contributed by atoms with E-state index in [0.717, 1.165) is 20.8 Å². The molecule has 0 atom stereocenters. The van der Waals surface area contributed by atoms with Crippen molar-refractivity contribution < 1.29 is 9.59 Å². The molecule has 21 heavy (non-hydrogen) atoms. The number of Topliss-reactive ketones (excluding diaryl/α,β-unsaturated/α-hetero) is 2. The summed E-state index contributed by atoms with van der Waals surface area (Å²) >= 11 is 3.53. The lowest BCUT2D eigenvalue weighted by atomic mass is 9.69. The summed E-state index contributed by atoms with van der Waals surface area (Å²) in [4.78, 5) is 25.0. The zero-order chi connectivity index (χ0) is 15.2. The lowest BCUT2D eigenvalue weighted by molar-refractivity contribution is -0.135. The van der Waals surface area contributed by atoms with Gasteiger partial charge in [-0.1, -0.05) is 60.1 Å². The molecule has 108 valence electrons. The summed E-state index contributed by atoms with van der Waals surface area (Å²) < 4.78 is 0.984. The third kappa shape index (κ3) is 2.55. The number of halogens is 1. The van der Waals surface area contributed by atoms with Gasteiger partial charge in [0, 0.05) is 17.3 Å². The van der Waals surface area contributed by atoms with E-state index in [1.165, 1.54) is 0 Å². The highest BCUT2D eigenvalue weighted by Crippen LogP contribution is 2.40. The second kappa shape index (κ2) is 5.06. The lowest BCUT2D eigenvalue weighted by Crippen LogP contribution is -2.36. The van der Waals surface area contributed by atoms with Crippen molar-refractivity contribution >= 4 is 38.3 Å². The third-order valence-electron chi connectivity index (χ3n) is 4.17. The van der Waals surface area contributed by atoms with Crippen LogP contribution in [0.25, 0.3) is 10.8 Å². The van der Waals surface area contributed by atoms with E-state index < -0.39 is 5.92 Å². The van der Waals surface area contributed by atoms with Crippen LogP contribution < -0.4 is 0 Å². The van der Waals surface area contributed by atoms with Gasteiger partial charge in [0.25, 0.3) is 0 Å². The molecule has 0 heterocycles. The van der Waals surface area contributed by atoms with Gasteiger partial charge in [-0.3, -0.25) is 9.59 Å². The van der Waals surface area contributed by atoms with Gasteiger partial charge in [-0.2, -0.15) is 0 Å². The number of carbonyl (C=O) groups excluding carboxylic acids is 2. The predicted molar refractivity (Wildman–Crippen MR) is 87.4 cm³/mol. The van der Waals surface area contributed by atoms with Crippen LogP contribution in [0.4, 0.5) is 0 Å². The van der Waals surface area contributed by atoms with Crippen LogP contribution in [0.3, 0.4) is 0 Å². The Kier molecular flexibility index (Phi) is 3.48. The summed E-state index contributed by atoms with van der Waals surface area (Å²) in [5, 5.41) is 2.03. The molecule has 0 N–H and O–H groups in total. The number of carbonyl (C=O) groups is 2. The Labute approximate surface area is 132 Å². The smallest absolute Gasteiger partial charge is 0.148 e. The molecule has 3 rings (SSSR count). The maximum atomic E-state index is 12.5. The second-order valence-electron chi connectivity index (χ2n) is 6.57. The van der Waals surface area contributed by atoms with E-state index in [2.05, 4.69) is 15.9 Å². The molecule has 1 fully saturated rings. The molecule has 0 bridgehead atoms. The van der Waals surface area contributed by atoms with Crippen LogP contribution in [-0.4, -0.2) is 11.6 Å². The standard InChI is InChI=1S/C18H17BrO2/c1-18(2)9-15(20)17(16(21)10-18)13-7-8-14(19)12-6-4-3-5-11(12)13/h3-8,17H,9-10H2,1-2H3. The van der Waals surface area contributed by atoms with Crippen molar-refractivity contribution in [1.29, 1.82) is 0 Å². The Morgan fingerprint density at radius 1 is 0.952 bits per heavy atom. The molecule has 2 aromatic carbocycles. The van der Waals surface area contributed by atoms with Gasteiger partial charge in [0.15, 0.2) is 0 Å². The number of benzene rings is 2. The van der Waals surface area contributed by atoms with Gasteiger partial charge >= 0.3 is 0 Å². The first-order chi connectivity index (χ1) is 9.89. The quantitative estimate of drug-likeness (QED) is 0.706. The molecule has 2 nitrogen and oxygen atoms in total. The highest BCUT2D eigenvalue weighted by Gasteiger charge is 2.40. The van der Waals surface area contributed by atoms with Crippen molar-refractivity contribution in [3.8, 4) is 0 Å². The Morgan fingerprint density at radius 2 is 1.52 bits per heavy atom. The van der Waals surface area contributed by atoms with E-state index in [1.807, 2.05) is 50.2 Å². The summed E-state index contributed by atoms with van der Waals surface area (Å²) in [5.74, 6) is -0.511. The molecule has 0 radical (unpaired) electrons. The van der Waals surface area contributed by atoms with E-state index in [0.29, 0.717) is 12.8 Å². The maximum absolute atomic E-state index is 12.5. The van der Waals surface area contributed by atoms with Crippen LogP contribution in [0, 0.1) is 5.41 Å². The van der Waals surface area contributed by atoms with E-state index in [-0.39, 0.29) is 17.0 Å². The fourth-order valence-electron chi connectivity index (χ4n) is 3.27. The fourth-order valence-corrected chi connectivity index (χ4v) is 3.75. The molecule has 1 saturated carbocycles. The van der Waals surface area contributed by atoms with Crippen molar-refractivity contribution in [2.75, 3.05) is 0 Å². The zero-order valence-corrected chi connectivity index (χ0v) is 13.7. The minimum absolute atomic E-state index is 0.0451. The molecule has 3 heteroatoms. The molecule has 0 spiro atoms. The Balaban J connectivity index is 2.15. The highest BCUT2D eigenvalue weighted by atomic mass is 79.9. The average Bonchev–Trinajstić information content (AvgIpc) is 2.39. The number of rotatable bonds is 1. The highest BCUT2D eigenvalue weighted by molar-refractivity contribution is 9.10. The summed E-state index contributed by atoms with van der Waals surface area (Å²) in [6.07, 6.45) is 0.932. The average molecular weight is 345 g/mol. The van der Waals surface area contributed by atoms with Crippen LogP contribution in [0.1, 0.15) is 38.2 Å². The van der Waals surface area contributed by atoms with E-state index in [4.69, 9.17) is 0 Å². The number of hydrogen-bond donors (Lipinski definition) is 0. The molecule has 1 aliphatic carbocycles. The van der Waals surface area contributed by atoms with Crippen LogP contribution in [0.5, 0.6) is 0 Å². The van der Waals surface area contributed by atoms with Crippen molar-refractivity contribution in [3.05, 3.63) is 46.4 Å². The van der Waals surface area contributed by atoms with Crippen molar-refractivity contribution in [2.24, 2.45) is 5.41 Å².